The van der Waals surface area contributed by atoms with Gasteiger partial charge in [0.05, 0.1) is 22.4 Å². The molecule has 1 atom stereocenters. The first-order valence-electron chi connectivity index (χ1n) is 5.31. The van der Waals surface area contributed by atoms with E-state index in [9.17, 15) is 13.8 Å². The number of carbonyl (C=O) groups excluding carboxylic acids is 1. The third-order valence-corrected chi connectivity index (χ3v) is 3.63. The van der Waals surface area contributed by atoms with Crippen LogP contribution in [0.3, 0.4) is 0 Å². The summed E-state index contributed by atoms with van der Waals surface area (Å²) in [7, 11) is -1.64. The Bertz CT molecular complexity index is 578. The van der Waals surface area contributed by atoms with Crippen molar-refractivity contribution in [1.82, 2.24) is 5.32 Å². The highest BCUT2D eigenvalue weighted by molar-refractivity contribution is 7.85. The molecule has 0 spiro atoms. The van der Waals surface area contributed by atoms with E-state index in [2.05, 4.69) is 5.32 Å². The molecule has 0 fully saturated rings. The van der Waals surface area contributed by atoms with Gasteiger partial charge in [-0.2, -0.15) is 5.26 Å². The Morgan fingerprint density at radius 3 is 2.74 bits per heavy atom. The minimum atomic E-state index is -1.64. The zero-order chi connectivity index (χ0) is 14.4. The van der Waals surface area contributed by atoms with Crippen LogP contribution in [0, 0.1) is 18.3 Å². The van der Waals surface area contributed by atoms with Crippen molar-refractivity contribution in [3.63, 3.8) is 0 Å². The molecule has 0 aliphatic rings. The Hall–Kier alpha value is -2.20. The van der Waals surface area contributed by atoms with Gasteiger partial charge < -0.3 is 10.4 Å². The predicted molar refractivity (Wildman–Crippen MR) is 68.0 cm³/mol. The zero-order valence-electron chi connectivity index (χ0n) is 10.2. The molecule has 1 rings (SSSR count). The maximum absolute atomic E-state index is 11.9. The van der Waals surface area contributed by atoms with Gasteiger partial charge in [-0.05, 0) is 24.6 Å². The van der Waals surface area contributed by atoms with Gasteiger partial charge in [-0.1, -0.05) is 6.07 Å². The highest BCUT2D eigenvalue weighted by atomic mass is 32.2. The van der Waals surface area contributed by atoms with Gasteiger partial charge in [-0.3, -0.25) is 9.00 Å². The summed E-state index contributed by atoms with van der Waals surface area (Å²) >= 11 is 0. The van der Waals surface area contributed by atoms with Crippen LogP contribution in [0.15, 0.2) is 23.1 Å². The van der Waals surface area contributed by atoms with Crippen molar-refractivity contribution in [2.45, 2.75) is 11.8 Å². The summed E-state index contributed by atoms with van der Waals surface area (Å²) in [6.07, 6.45) is 0. The third-order valence-electron chi connectivity index (χ3n) is 2.33. The molecule has 7 heteroatoms. The summed E-state index contributed by atoms with van der Waals surface area (Å²) < 4.78 is 11.9. The molecule has 1 aromatic rings. The van der Waals surface area contributed by atoms with E-state index in [-0.39, 0.29) is 22.8 Å². The lowest BCUT2D eigenvalue weighted by Crippen LogP contribution is -2.28. The van der Waals surface area contributed by atoms with Crippen LogP contribution in [0.1, 0.15) is 15.9 Å². The van der Waals surface area contributed by atoms with Gasteiger partial charge in [0.2, 0.25) is 5.91 Å². The second-order valence-electron chi connectivity index (χ2n) is 3.71. The molecule has 100 valence electrons. The molecular weight excluding hydrogens is 268 g/mol. The summed E-state index contributed by atoms with van der Waals surface area (Å²) in [4.78, 5) is 22.5. The van der Waals surface area contributed by atoms with E-state index in [1.54, 1.807) is 19.1 Å². The molecule has 0 saturated heterocycles. The minimum absolute atomic E-state index is 0.0586. The lowest BCUT2D eigenvalue weighted by atomic mass is 10.1. The second-order valence-corrected chi connectivity index (χ2v) is 5.16. The Morgan fingerprint density at radius 2 is 2.16 bits per heavy atom. The number of amides is 1. The Kier molecular flexibility index (Phi) is 5.21. The molecule has 0 aliphatic heterocycles. The quantitative estimate of drug-likeness (QED) is 0.761. The summed E-state index contributed by atoms with van der Waals surface area (Å²) in [6.45, 7) is 1.49. The highest BCUT2D eigenvalue weighted by Crippen LogP contribution is 2.14. The van der Waals surface area contributed by atoms with Gasteiger partial charge >= 0.3 is 5.97 Å². The summed E-state index contributed by atoms with van der Waals surface area (Å²) in [6, 6.07) is 6.10. The molecule has 0 bridgehead atoms. The monoisotopic (exact) mass is 280 g/mol. The molecule has 0 aliphatic carbocycles. The zero-order valence-corrected chi connectivity index (χ0v) is 11.0. The first-order chi connectivity index (χ1) is 8.95. The molecule has 2 N–H and O–H groups in total. The third kappa shape index (κ3) is 4.19. The van der Waals surface area contributed by atoms with Crippen molar-refractivity contribution in [3.05, 3.63) is 29.3 Å². The molecule has 0 aromatic heterocycles. The van der Waals surface area contributed by atoms with Gasteiger partial charge in [0.25, 0.3) is 0 Å². The topological polar surface area (TPSA) is 107 Å². The normalized spacial score (nSPS) is 11.4. The van der Waals surface area contributed by atoms with Gasteiger partial charge in [0, 0.05) is 4.90 Å². The van der Waals surface area contributed by atoms with Crippen molar-refractivity contribution in [3.8, 4) is 6.07 Å². The fourth-order valence-electron chi connectivity index (χ4n) is 1.36. The number of carboxylic acids is 1. The number of nitrogens with zero attached hydrogens (tertiary/aromatic N) is 1. The van der Waals surface area contributed by atoms with Gasteiger partial charge in [0.1, 0.15) is 12.3 Å². The Morgan fingerprint density at radius 1 is 1.47 bits per heavy atom. The van der Waals surface area contributed by atoms with Crippen LogP contribution in [0.4, 0.5) is 0 Å². The van der Waals surface area contributed by atoms with Crippen LogP contribution in [-0.4, -0.2) is 33.5 Å². The standard InChI is InChI=1S/C12H12N2O4S/c1-8-2-3-9(6-10(8)12(16)17)19(18)7-11(15)14-5-4-13/h2-3,6H,5,7H2,1H3,(H,14,15)(H,16,17). The average molecular weight is 280 g/mol. The van der Waals surface area contributed by atoms with E-state index in [4.69, 9.17) is 10.4 Å². The number of carbonyl (C=O) groups is 2. The molecule has 1 aromatic carbocycles. The summed E-state index contributed by atoms with van der Waals surface area (Å²) in [5.41, 5.74) is 0.616. The number of nitrogens with one attached hydrogen (secondary N) is 1. The number of aryl methyl sites for hydroxylation is 1. The fourth-order valence-corrected chi connectivity index (χ4v) is 2.34. The van der Waals surface area contributed by atoms with Crippen molar-refractivity contribution in [2.75, 3.05) is 12.3 Å². The maximum Gasteiger partial charge on any atom is 0.335 e. The number of aromatic carboxylic acids is 1. The number of hydrogen-bond acceptors (Lipinski definition) is 4. The molecule has 1 amide bonds. The van der Waals surface area contributed by atoms with Crippen molar-refractivity contribution >= 4 is 22.7 Å². The van der Waals surface area contributed by atoms with Crippen molar-refractivity contribution in [2.24, 2.45) is 0 Å². The average Bonchev–Trinajstić information content (AvgIpc) is 2.36. The Labute approximate surface area is 112 Å². The SMILES string of the molecule is Cc1ccc(S(=O)CC(=O)NCC#N)cc1C(=O)O. The second kappa shape index (κ2) is 6.66. The highest BCUT2D eigenvalue weighted by Gasteiger charge is 2.14. The first kappa shape index (κ1) is 14.9. The molecule has 0 radical (unpaired) electrons. The van der Waals surface area contributed by atoms with Crippen LogP contribution in [0.5, 0.6) is 0 Å². The lowest BCUT2D eigenvalue weighted by Gasteiger charge is -2.05. The summed E-state index contributed by atoms with van der Waals surface area (Å²) in [5.74, 6) is -1.92. The molecule has 0 heterocycles. The Balaban J connectivity index is 2.84. The van der Waals surface area contributed by atoms with Crippen molar-refractivity contribution < 1.29 is 18.9 Å². The van der Waals surface area contributed by atoms with Crippen LogP contribution in [0.2, 0.25) is 0 Å². The molecule has 1 unspecified atom stereocenters. The number of hydrogen-bond donors (Lipinski definition) is 2. The van der Waals surface area contributed by atoms with Gasteiger partial charge in [0.15, 0.2) is 0 Å². The van der Waals surface area contributed by atoms with E-state index >= 15 is 0 Å². The van der Waals surface area contributed by atoms with Crippen LogP contribution < -0.4 is 5.32 Å². The largest absolute Gasteiger partial charge is 0.478 e. The van der Waals surface area contributed by atoms with Crippen LogP contribution in [-0.2, 0) is 15.6 Å². The van der Waals surface area contributed by atoms with Gasteiger partial charge in [-0.15, -0.1) is 0 Å². The van der Waals surface area contributed by atoms with E-state index < -0.39 is 22.7 Å². The van der Waals surface area contributed by atoms with E-state index in [1.807, 2.05) is 0 Å². The lowest BCUT2D eigenvalue weighted by molar-refractivity contribution is -0.118. The van der Waals surface area contributed by atoms with Crippen LogP contribution in [0.25, 0.3) is 0 Å². The van der Waals surface area contributed by atoms with E-state index in [1.165, 1.54) is 12.1 Å². The first-order valence-corrected chi connectivity index (χ1v) is 6.63. The molecule has 19 heavy (non-hydrogen) atoms. The maximum atomic E-state index is 11.9. The predicted octanol–water partition coefficient (Wildman–Crippen LogP) is 0.441. The number of carboxylic acid groups (broad SMARTS) is 1. The van der Waals surface area contributed by atoms with Crippen LogP contribution >= 0.6 is 0 Å². The van der Waals surface area contributed by atoms with E-state index in [0.29, 0.717) is 5.56 Å². The number of nitriles is 1. The number of benzene rings is 1. The van der Waals surface area contributed by atoms with Crippen molar-refractivity contribution in [1.29, 1.82) is 5.26 Å². The minimum Gasteiger partial charge on any atom is -0.478 e. The smallest absolute Gasteiger partial charge is 0.335 e. The van der Waals surface area contributed by atoms with Gasteiger partial charge in [-0.25, -0.2) is 4.79 Å². The molecule has 6 nitrogen and oxygen atoms in total. The molecular formula is C12H12N2O4S. The fraction of sp³-hybridized carbons (Fsp3) is 0.250. The molecule has 0 saturated carbocycles. The number of rotatable bonds is 5. The summed E-state index contributed by atoms with van der Waals surface area (Å²) in [5, 5.41) is 19.5. The van der Waals surface area contributed by atoms with E-state index in [0.717, 1.165) is 0 Å².